The Balaban J connectivity index is 1.84. The molecule has 0 saturated heterocycles. The quantitative estimate of drug-likeness (QED) is 0.854. The number of rotatable bonds is 6. The number of carbonyl (C=O) groups is 2. The number of benzene rings is 1. The number of likely N-dealkylation sites (N-methyl/N-ethyl adjacent to an activating group) is 1. The van der Waals surface area contributed by atoms with E-state index in [1.165, 1.54) is 0 Å². The van der Waals surface area contributed by atoms with Crippen molar-refractivity contribution in [3.8, 4) is 0 Å². The van der Waals surface area contributed by atoms with E-state index in [0.29, 0.717) is 19.4 Å². The van der Waals surface area contributed by atoms with Crippen LogP contribution in [0, 0.1) is 0 Å². The molecule has 0 radical (unpaired) electrons. The largest absolute Gasteiger partial charge is 0.461 e. The molecule has 112 valence electrons. The number of carbonyl (C=O) groups excluding carboxylic acids is 2. The van der Waals surface area contributed by atoms with Crippen molar-refractivity contribution in [1.29, 1.82) is 0 Å². The minimum Gasteiger partial charge on any atom is -0.461 e. The second kappa shape index (κ2) is 6.92. The first-order valence-electron chi connectivity index (χ1n) is 7.14. The first-order valence-corrected chi connectivity index (χ1v) is 7.14. The molecule has 0 aliphatic carbocycles. The second-order valence-corrected chi connectivity index (χ2v) is 4.93. The predicted octanol–water partition coefficient (Wildman–Crippen LogP) is 2.01. The average Bonchev–Trinajstić information content (AvgIpc) is 2.88. The van der Waals surface area contributed by atoms with E-state index >= 15 is 0 Å². The zero-order chi connectivity index (χ0) is 15.2. The molecule has 0 aliphatic heterocycles. The average molecular weight is 288 g/mol. The molecule has 0 saturated carbocycles. The zero-order valence-corrected chi connectivity index (χ0v) is 12.3. The summed E-state index contributed by atoms with van der Waals surface area (Å²) in [5.41, 5.74) is 0.823. The Hall–Kier alpha value is -2.30. The van der Waals surface area contributed by atoms with Gasteiger partial charge in [-0.2, -0.15) is 0 Å². The minimum atomic E-state index is -0.520. The van der Waals surface area contributed by atoms with Crippen LogP contribution in [-0.4, -0.2) is 24.4 Å². The lowest BCUT2D eigenvalue weighted by Gasteiger charge is -2.12. The lowest BCUT2D eigenvalue weighted by Crippen LogP contribution is -2.44. The smallest absolute Gasteiger partial charge is 0.242 e. The first-order chi connectivity index (χ1) is 10.1. The molecule has 0 bridgehead atoms. The third-order valence-corrected chi connectivity index (χ3v) is 3.20. The highest BCUT2D eigenvalue weighted by atomic mass is 16.3. The van der Waals surface area contributed by atoms with E-state index < -0.39 is 6.04 Å². The van der Waals surface area contributed by atoms with Crippen molar-refractivity contribution in [2.45, 2.75) is 32.7 Å². The third kappa shape index (κ3) is 4.08. The molecule has 21 heavy (non-hydrogen) atoms. The molecule has 2 aromatic rings. The van der Waals surface area contributed by atoms with Crippen molar-refractivity contribution in [2.24, 2.45) is 0 Å². The molecule has 1 heterocycles. The van der Waals surface area contributed by atoms with Crippen LogP contribution in [0.5, 0.6) is 0 Å². The molecule has 5 nitrogen and oxygen atoms in total. The van der Waals surface area contributed by atoms with E-state index in [2.05, 4.69) is 10.6 Å². The summed E-state index contributed by atoms with van der Waals surface area (Å²) in [5, 5.41) is 6.38. The van der Waals surface area contributed by atoms with Crippen molar-refractivity contribution in [2.75, 3.05) is 6.54 Å². The Morgan fingerprint density at radius 1 is 1.29 bits per heavy atom. The second-order valence-electron chi connectivity index (χ2n) is 4.93. The van der Waals surface area contributed by atoms with Crippen LogP contribution in [0.25, 0.3) is 11.0 Å². The fourth-order valence-corrected chi connectivity index (χ4v) is 2.10. The number of para-hydroxylation sites is 1. The van der Waals surface area contributed by atoms with Crippen molar-refractivity contribution in [3.05, 3.63) is 36.1 Å². The summed E-state index contributed by atoms with van der Waals surface area (Å²) >= 11 is 0. The van der Waals surface area contributed by atoms with Crippen LogP contribution in [-0.2, 0) is 16.0 Å². The summed E-state index contributed by atoms with van der Waals surface area (Å²) in [6.07, 6.45) is 0.812. The monoisotopic (exact) mass is 288 g/mol. The molecule has 0 fully saturated rings. The molecule has 0 aliphatic rings. The van der Waals surface area contributed by atoms with Gasteiger partial charge < -0.3 is 15.1 Å². The Labute approximate surface area is 123 Å². The number of amides is 2. The highest BCUT2D eigenvalue weighted by Gasteiger charge is 2.15. The molecular formula is C16H20N2O3. The number of hydrogen-bond donors (Lipinski definition) is 2. The summed E-state index contributed by atoms with van der Waals surface area (Å²) in [7, 11) is 0. The summed E-state index contributed by atoms with van der Waals surface area (Å²) in [5.74, 6) is 0.445. The van der Waals surface area contributed by atoms with E-state index in [-0.39, 0.29) is 11.8 Å². The lowest BCUT2D eigenvalue weighted by molar-refractivity contribution is -0.128. The van der Waals surface area contributed by atoms with Gasteiger partial charge in [0.15, 0.2) is 0 Å². The standard InChI is InChI=1S/C16H20N2O3/c1-3-17-16(20)11(2)18-15(19)9-8-13-10-12-6-4-5-7-14(12)21-13/h4-7,10-11H,3,8-9H2,1-2H3,(H,17,20)(H,18,19)/t11-/m0/s1. The van der Waals surface area contributed by atoms with Gasteiger partial charge in [0.2, 0.25) is 11.8 Å². The minimum absolute atomic E-state index is 0.158. The van der Waals surface area contributed by atoms with Gasteiger partial charge in [-0.1, -0.05) is 18.2 Å². The first kappa shape index (κ1) is 15.1. The van der Waals surface area contributed by atoms with Crippen LogP contribution in [0.15, 0.2) is 34.7 Å². The SMILES string of the molecule is CCNC(=O)[C@H](C)NC(=O)CCc1cc2ccccc2o1. The predicted molar refractivity (Wildman–Crippen MR) is 80.8 cm³/mol. The molecule has 1 aromatic heterocycles. The Kier molecular flexibility index (Phi) is 4.98. The van der Waals surface area contributed by atoms with E-state index in [1.54, 1.807) is 6.92 Å². The summed E-state index contributed by atoms with van der Waals surface area (Å²) in [4.78, 5) is 23.3. The topological polar surface area (TPSA) is 71.3 Å². The van der Waals surface area contributed by atoms with E-state index in [0.717, 1.165) is 16.7 Å². The van der Waals surface area contributed by atoms with Gasteiger partial charge in [0.1, 0.15) is 17.4 Å². The van der Waals surface area contributed by atoms with Gasteiger partial charge >= 0.3 is 0 Å². The summed E-state index contributed by atoms with van der Waals surface area (Å²) < 4.78 is 5.65. The molecule has 0 spiro atoms. The van der Waals surface area contributed by atoms with E-state index in [4.69, 9.17) is 4.42 Å². The molecule has 0 unspecified atom stereocenters. The van der Waals surface area contributed by atoms with Gasteiger partial charge in [-0.3, -0.25) is 9.59 Å². The fraction of sp³-hybridized carbons (Fsp3) is 0.375. The highest BCUT2D eigenvalue weighted by molar-refractivity contribution is 5.87. The Morgan fingerprint density at radius 2 is 2.05 bits per heavy atom. The number of hydrogen-bond acceptors (Lipinski definition) is 3. The van der Waals surface area contributed by atoms with Gasteiger partial charge in [-0.25, -0.2) is 0 Å². The van der Waals surface area contributed by atoms with Crippen molar-refractivity contribution >= 4 is 22.8 Å². The van der Waals surface area contributed by atoms with E-state index in [1.807, 2.05) is 37.3 Å². The van der Waals surface area contributed by atoms with Crippen molar-refractivity contribution < 1.29 is 14.0 Å². The number of nitrogens with one attached hydrogen (secondary N) is 2. The maximum atomic E-state index is 11.8. The van der Waals surface area contributed by atoms with E-state index in [9.17, 15) is 9.59 Å². The van der Waals surface area contributed by atoms with Crippen LogP contribution < -0.4 is 10.6 Å². The third-order valence-electron chi connectivity index (χ3n) is 3.20. The van der Waals surface area contributed by atoms with Gasteiger partial charge in [0.05, 0.1) is 0 Å². The van der Waals surface area contributed by atoms with Gasteiger partial charge in [-0.05, 0) is 26.0 Å². The van der Waals surface area contributed by atoms with Crippen LogP contribution >= 0.6 is 0 Å². The maximum Gasteiger partial charge on any atom is 0.242 e. The fourth-order valence-electron chi connectivity index (χ4n) is 2.10. The van der Waals surface area contributed by atoms with Crippen LogP contribution in [0.4, 0.5) is 0 Å². The lowest BCUT2D eigenvalue weighted by atomic mass is 10.2. The zero-order valence-electron chi connectivity index (χ0n) is 12.3. The molecule has 5 heteroatoms. The van der Waals surface area contributed by atoms with Crippen LogP contribution in [0.3, 0.4) is 0 Å². The molecule has 1 atom stereocenters. The maximum absolute atomic E-state index is 11.8. The summed E-state index contributed by atoms with van der Waals surface area (Å²) in [6.45, 7) is 4.07. The molecule has 2 amide bonds. The number of furan rings is 1. The normalized spacial score (nSPS) is 12.1. The number of aryl methyl sites for hydroxylation is 1. The summed E-state index contributed by atoms with van der Waals surface area (Å²) in [6, 6.07) is 9.15. The van der Waals surface area contributed by atoms with Crippen molar-refractivity contribution in [1.82, 2.24) is 10.6 Å². The van der Waals surface area contributed by atoms with Crippen LogP contribution in [0.1, 0.15) is 26.0 Å². The molecule has 2 N–H and O–H groups in total. The van der Waals surface area contributed by atoms with Crippen LogP contribution in [0.2, 0.25) is 0 Å². The van der Waals surface area contributed by atoms with Crippen molar-refractivity contribution in [3.63, 3.8) is 0 Å². The Bertz CT molecular complexity index is 600. The van der Waals surface area contributed by atoms with Gasteiger partial charge in [0.25, 0.3) is 0 Å². The molecular weight excluding hydrogens is 268 g/mol. The molecule has 2 rings (SSSR count). The van der Waals surface area contributed by atoms with Gasteiger partial charge in [-0.15, -0.1) is 0 Å². The van der Waals surface area contributed by atoms with Gasteiger partial charge in [0, 0.05) is 24.8 Å². The Morgan fingerprint density at radius 3 is 2.76 bits per heavy atom. The number of fused-ring (bicyclic) bond motifs is 1. The molecule has 1 aromatic carbocycles. The highest BCUT2D eigenvalue weighted by Crippen LogP contribution is 2.19.